The van der Waals surface area contributed by atoms with Gasteiger partial charge in [-0.15, -0.1) is 0 Å². The van der Waals surface area contributed by atoms with Crippen LogP contribution in [0.4, 0.5) is 13.2 Å². The Morgan fingerprint density at radius 3 is 2.68 bits per heavy atom. The zero-order chi connectivity index (χ0) is 24.6. The number of benzene rings is 2. The van der Waals surface area contributed by atoms with Crippen LogP contribution in [0, 0.1) is 0 Å². The zero-order valence-electron chi connectivity index (χ0n) is 19.0. The summed E-state index contributed by atoms with van der Waals surface area (Å²) in [5.41, 5.74) is -1.25. The molecule has 2 aromatic rings. The van der Waals surface area contributed by atoms with Crippen molar-refractivity contribution in [3.63, 3.8) is 0 Å². The molecule has 1 amide bonds. The Kier molecular flexibility index (Phi) is 6.48. The van der Waals surface area contributed by atoms with Gasteiger partial charge in [-0.1, -0.05) is 24.3 Å². The molecule has 2 aliphatic rings. The number of piperidine rings is 1. The lowest BCUT2D eigenvalue weighted by Gasteiger charge is -2.57. The summed E-state index contributed by atoms with van der Waals surface area (Å²) in [5, 5.41) is 24.8. The molecule has 1 saturated heterocycles. The van der Waals surface area contributed by atoms with Crippen molar-refractivity contribution < 1.29 is 28.2 Å². The van der Waals surface area contributed by atoms with E-state index in [1.54, 1.807) is 18.2 Å². The highest BCUT2D eigenvalue weighted by Crippen LogP contribution is 2.51. The maximum Gasteiger partial charge on any atom is 0.416 e. The van der Waals surface area contributed by atoms with Gasteiger partial charge in [-0.25, -0.2) is 0 Å². The highest BCUT2D eigenvalue weighted by atomic mass is 19.4. The van der Waals surface area contributed by atoms with Crippen molar-refractivity contribution in [3.05, 3.63) is 71.3 Å². The van der Waals surface area contributed by atoms with Gasteiger partial charge in [0.25, 0.3) is 0 Å². The number of fused-ring (bicyclic) bond motifs is 1. The van der Waals surface area contributed by atoms with Gasteiger partial charge in [-0.05, 0) is 80.7 Å². The molecule has 3 unspecified atom stereocenters. The fourth-order valence-corrected chi connectivity index (χ4v) is 5.53. The van der Waals surface area contributed by atoms with Crippen molar-refractivity contribution in [2.75, 3.05) is 20.1 Å². The summed E-state index contributed by atoms with van der Waals surface area (Å²) in [6.07, 6.45) is 0.401. The van der Waals surface area contributed by atoms with Gasteiger partial charge in [0.05, 0.1) is 11.2 Å². The first-order valence-corrected chi connectivity index (χ1v) is 11.4. The van der Waals surface area contributed by atoms with Crippen LogP contribution in [-0.2, 0) is 16.4 Å². The lowest BCUT2D eigenvalue weighted by molar-refractivity contribution is -0.137. The van der Waals surface area contributed by atoms with Crippen molar-refractivity contribution in [3.8, 4) is 5.75 Å². The minimum atomic E-state index is -4.45. The Balaban J connectivity index is 1.52. The van der Waals surface area contributed by atoms with Gasteiger partial charge in [0, 0.05) is 24.1 Å². The first-order valence-electron chi connectivity index (χ1n) is 11.4. The summed E-state index contributed by atoms with van der Waals surface area (Å²) in [6, 6.07) is 11.5. The Bertz CT molecular complexity index is 1090. The van der Waals surface area contributed by atoms with E-state index in [0.29, 0.717) is 32.2 Å². The van der Waals surface area contributed by atoms with E-state index in [1.165, 1.54) is 24.3 Å². The van der Waals surface area contributed by atoms with Crippen molar-refractivity contribution in [2.45, 2.75) is 48.9 Å². The summed E-state index contributed by atoms with van der Waals surface area (Å²) in [6.45, 7) is 1.27. The molecule has 8 heteroatoms. The molecule has 1 saturated carbocycles. The van der Waals surface area contributed by atoms with Crippen molar-refractivity contribution in [1.29, 1.82) is 0 Å². The molecule has 1 aliphatic heterocycles. The number of amides is 1. The molecule has 2 fully saturated rings. The third-order valence-electron chi connectivity index (χ3n) is 7.23. The second-order valence-corrected chi connectivity index (χ2v) is 9.56. The van der Waals surface area contributed by atoms with Gasteiger partial charge in [0.15, 0.2) is 0 Å². The highest BCUT2D eigenvalue weighted by Gasteiger charge is 2.57. The van der Waals surface area contributed by atoms with E-state index >= 15 is 0 Å². The number of hydrogen-bond donors (Lipinski definition) is 3. The number of aliphatic hydroxyl groups is 1. The Morgan fingerprint density at radius 1 is 1.18 bits per heavy atom. The number of carbonyl (C=O) groups is 1. The molecular formula is C26H29F3N2O3. The number of β-amino-alcohol motifs (C(OH)–C–C–N with tert-alkyl or cyclic N) is 1. The first kappa shape index (κ1) is 24.3. The number of likely N-dealkylation sites (N-methyl/N-ethyl adjacent to an activating group) is 1. The molecule has 4 rings (SSSR count). The van der Waals surface area contributed by atoms with Crippen LogP contribution in [0.3, 0.4) is 0 Å². The number of aromatic hydroxyl groups is 1. The fourth-order valence-electron chi connectivity index (χ4n) is 5.53. The second kappa shape index (κ2) is 9.07. The molecule has 2 aromatic carbocycles. The van der Waals surface area contributed by atoms with E-state index < -0.39 is 28.7 Å². The molecule has 0 bridgehead atoms. The van der Waals surface area contributed by atoms with E-state index in [9.17, 15) is 28.2 Å². The van der Waals surface area contributed by atoms with E-state index in [0.717, 1.165) is 24.2 Å². The Hall–Kier alpha value is -2.84. The maximum atomic E-state index is 12.9. The quantitative estimate of drug-likeness (QED) is 0.584. The lowest BCUT2D eigenvalue weighted by atomic mass is 9.55. The van der Waals surface area contributed by atoms with Crippen LogP contribution in [0.1, 0.15) is 42.4 Å². The van der Waals surface area contributed by atoms with Crippen LogP contribution in [0.25, 0.3) is 6.08 Å². The summed E-state index contributed by atoms with van der Waals surface area (Å²) >= 11 is 0. The molecule has 0 spiro atoms. The highest BCUT2D eigenvalue weighted by molar-refractivity contribution is 5.92. The van der Waals surface area contributed by atoms with E-state index in [2.05, 4.69) is 10.2 Å². The topological polar surface area (TPSA) is 72.8 Å². The number of carbonyl (C=O) groups excluding carboxylic acids is 1. The van der Waals surface area contributed by atoms with Crippen LogP contribution < -0.4 is 5.32 Å². The SMILES string of the molecule is CN1CCC2(c3cccc(O)c3)CC(NC(=O)C=Cc3cccc(C(F)(F)F)c3)CCC2(O)C1. The van der Waals surface area contributed by atoms with Crippen LogP contribution in [-0.4, -0.2) is 52.8 Å². The number of nitrogens with zero attached hydrogens (tertiary/aromatic N) is 1. The molecule has 3 N–H and O–H groups in total. The third kappa shape index (κ3) is 4.83. The molecule has 1 aliphatic carbocycles. The molecule has 5 nitrogen and oxygen atoms in total. The summed E-state index contributed by atoms with van der Waals surface area (Å²) < 4.78 is 38.8. The summed E-state index contributed by atoms with van der Waals surface area (Å²) in [5.74, 6) is -0.268. The predicted molar refractivity (Wildman–Crippen MR) is 123 cm³/mol. The fraction of sp³-hybridized carbons (Fsp3) is 0.423. The number of nitrogens with one attached hydrogen (secondary N) is 1. The normalized spacial score (nSPS) is 28.0. The van der Waals surface area contributed by atoms with Gasteiger partial charge in [0.2, 0.25) is 5.91 Å². The van der Waals surface area contributed by atoms with Crippen LogP contribution in [0.2, 0.25) is 0 Å². The van der Waals surface area contributed by atoms with Crippen LogP contribution >= 0.6 is 0 Å². The number of halogens is 3. The summed E-state index contributed by atoms with van der Waals surface area (Å²) in [7, 11) is 1.97. The molecular weight excluding hydrogens is 445 g/mol. The van der Waals surface area contributed by atoms with E-state index in [-0.39, 0.29) is 17.4 Å². The molecule has 0 aromatic heterocycles. The zero-order valence-corrected chi connectivity index (χ0v) is 19.0. The number of likely N-dealkylation sites (tertiary alicyclic amines) is 1. The van der Waals surface area contributed by atoms with Crippen LogP contribution in [0.5, 0.6) is 5.75 Å². The van der Waals surface area contributed by atoms with Gasteiger partial charge < -0.3 is 20.4 Å². The molecule has 1 heterocycles. The van der Waals surface area contributed by atoms with Gasteiger partial charge >= 0.3 is 6.18 Å². The third-order valence-corrected chi connectivity index (χ3v) is 7.23. The average molecular weight is 475 g/mol. The van der Waals surface area contributed by atoms with Crippen molar-refractivity contribution >= 4 is 12.0 Å². The Labute approximate surface area is 196 Å². The monoisotopic (exact) mass is 474 g/mol. The van der Waals surface area contributed by atoms with Gasteiger partial charge in [-0.3, -0.25) is 4.79 Å². The molecule has 34 heavy (non-hydrogen) atoms. The number of hydrogen-bond acceptors (Lipinski definition) is 4. The summed E-state index contributed by atoms with van der Waals surface area (Å²) in [4.78, 5) is 14.7. The smallest absolute Gasteiger partial charge is 0.416 e. The first-order chi connectivity index (χ1) is 16.0. The minimum absolute atomic E-state index is 0.128. The molecule has 0 radical (unpaired) electrons. The minimum Gasteiger partial charge on any atom is -0.508 e. The van der Waals surface area contributed by atoms with Crippen molar-refractivity contribution in [1.82, 2.24) is 10.2 Å². The number of phenols is 1. The molecule has 182 valence electrons. The molecule has 3 atom stereocenters. The lowest BCUT2D eigenvalue weighted by Crippen LogP contribution is -2.66. The van der Waals surface area contributed by atoms with Crippen LogP contribution in [0.15, 0.2) is 54.6 Å². The number of phenolic OH excluding ortho intramolecular Hbond substituents is 1. The average Bonchev–Trinajstić information content (AvgIpc) is 2.77. The number of rotatable bonds is 4. The predicted octanol–water partition coefficient (Wildman–Crippen LogP) is 4.10. The largest absolute Gasteiger partial charge is 0.508 e. The maximum absolute atomic E-state index is 12.9. The van der Waals surface area contributed by atoms with Crippen molar-refractivity contribution in [2.24, 2.45) is 0 Å². The Morgan fingerprint density at radius 2 is 1.94 bits per heavy atom. The standard InChI is InChI=1S/C26H29F3N2O3/c1-31-13-12-24(19-5-3-7-22(32)15-19)16-21(10-11-25(24,34)17-31)30-23(33)9-8-18-4-2-6-20(14-18)26(27,28)29/h2-9,14-15,21,32,34H,10-13,16-17H2,1H3,(H,30,33). The van der Waals surface area contributed by atoms with E-state index in [4.69, 9.17) is 0 Å². The second-order valence-electron chi connectivity index (χ2n) is 9.56. The van der Waals surface area contributed by atoms with E-state index in [1.807, 2.05) is 13.1 Å². The number of alkyl halides is 3. The van der Waals surface area contributed by atoms with Gasteiger partial charge in [0.1, 0.15) is 5.75 Å². The van der Waals surface area contributed by atoms with Gasteiger partial charge in [-0.2, -0.15) is 13.2 Å².